The number of fused-ring (bicyclic) bond motifs is 1. The predicted molar refractivity (Wildman–Crippen MR) is 39.8 cm³/mol. The number of hydrogen-bond acceptors (Lipinski definition) is 4. The maximum Gasteiger partial charge on any atom is 0.329 e. The van der Waals surface area contributed by atoms with Crippen LogP contribution in [0, 0.1) is 0 Å². The molecule has 62 valence electrons. The smallest absolute Gasteiger partial charge is 0.288 e. The highest BCUT2D eigenvalue weighted by atomic mass is 16.2. The molecule has 2 rings (SSSR count). The van der Waals surface area contributed by atoms with Gasteiger partial charge < -0.3 is 0 Å². The molecule has 0 unspecified atom stereocenters. The molecule has 2 heterocycles. The van der Waals surface area contributed by atoms with Crippen LogP contribution in [0.1, 0.15) is 0 Å². The molecule has 0 atom stereocenters. The van der Waals surface area contributed by atoms with Crippen LogP contribution >= 0.6 is 0 Å². The second kappa shape index (κ2) is 2.03. The van der Waals surface area contributed by atoms with Crippen molar-refractivity contribution in [2.45, 2.75) is 0 Å². The average molecular weight is 167 g/mol. The van der Waals surface area contributed by atoms with Crippen LogP contribution in [0.3, 0.4) is 0 Å². The minimum atomic E-state index is -0.499. The summed E-state index contributed by atoms with van der Waals surface area (Å²) < 4.78 is 0.935. The lowest BCUT2D eigenvalue weighted by molar-refractivity contribution is 0.790. The molecule has 7 heteroatoms. The first-order chi connectivity index (χ1) is 5.70. The summed E-state index contributed by atoms with van der Waals surface area (Å²) in [6, 6.07) is 0. The second-order valence-electron chi connectivity index (χ2n) is 2.32. The van der Waals surface area contributed by atoms with Crippen molar-refractivity contribution in [2.75, 3.05) is 0 Å². The Bertz CT molecular complexity index is 532. The van der Waals surface area contributed by atoms with Gasteiger partial charge in [0.2, 0.25) is 0 Å². The van der Waals surface area contributed by atoms with E-state index in [1.807, 2.05) is 0 Å². The predicted octanol–water partition coefficient (Wildman–Crippen LogP) is -1.66. The van der Waals surface area contributed by atoms with Gasteiger partial charge in [0.15, 0.2) is 11.2 Å². The van der Waals surface area contributed by atoms with E-state index in [-0.39, 0.29) is 11.2 Å². The normalized spacial score (nSPS) is 10.8. The lowest BCUT2D eigenvalue weighted by atomic mass is 10.5. The van der Waals surface area contributed by atoms with Gasteiger partial charge in [0.05, 0.1) is 0 Å². The van der Waals surface area contributed by atoms with Crippen molar-refractivity contribution in [3.63, 3.8) is 0 Å². The zero-order valence-electron chi connectivity index (χ0n) is 6.16. The molecular weight excluding hydrogens is 162 g/mol. The van der Waals surface area contributed by atoms with E-state index in [9.17, 15) is 9.59 Å². The molecule has 0 aliphatic carbocycles. The Labute approximate surface area is 65.0 Å². The van der Waals surface area contributed by atoms with Crippen molar-refractivity contribution in [3.8, 4) is 0 Å². The number of H-pyrrole nitrogens is 2. The third kappa shape index (κ3) is 0.698. The maximum atomic E-state index is 11.2. The van der Waals surface area contributed by atoms with E-state index in [0.717, 1.165) is 4.57 Å². The first kappa shape index (κ1) is 6.77. The third-order valence-electron chi connectivity index (χ3n) is 1.59. The van der Waals surface area contributed by atoms with Crippen molar-refractivity contribution in [1.82, 2.24) is 25.0 Å². The number of aromatic nitrogens is 5. The van der Waals surface area contributed by atoms with E-state index in [1.54, 1.807) is 0 Å². The summed E-state index contributed by atoms with van der Waals surface area (Å²) in [6.45, 7) is 0. The molecule has 0 spiro atoms. The molecule has 2 aromatic heterocycles. The highest BCUT2D eigenvalue weighted by Gasteiger charge is 2.06. The second-order valence-corrected chi connectivity index (χ2v) is 2.32. The van der Waals surface area contributed by atoms with Crippen LogP contribution in [-0.2, 0) is 7.05 Å². The number of aromatic amines is 2. The Morgan fingerprint density at radius 3 is 2.83 bits per heavy atom. The Hall–Kier alpha value is -1.92. The van der Waals surface area contributed by atoms with E-state index >= 15 is 0 Å². The molecule has 2 N–H and O–H groups in total. The largest absolute Gasteiger partial charge is 0.329 e. The van der Waals surface area contributed by atoms with Crippen LogP contribution < -0.4 is 11.2 Å². The highest BCUT2D eigenvalue weighted by molar-refractivity contribution is 5.66. The molecule has 0 aliphatic heterocycles. The van der Waals surface area contributed by atoms with Gasteiger partial charge in [-0.05, 0) is 0 Å². The molecule has 7 nitrogen and oxygen atoms in total. The van der Waals surface area contributed by atoms with Gasteiger partial charge in [-0.3, -0.25) is 14.3 Å². The molecule has 0 amide bonds. The molecule has 2 aromatic rings. The van der Waals surface area contributed by atoms with Gasteiger partial charge in [-0.1, -0.05) is 0 Å². The lowest BCUT2D eigenvalue weighted by Crippen LogP contribution is -2.32. The fourth-order valence-corrected chi connectivity index (χ4v) is 0.903. The van der Waals surface area contributed by atoms with Gasteiger partial charge in [0, 0.05) is 7.05 Å². The third-order valence-corrected chi connectivity index (χ3v) is 1.59. The van der Waals surface area contributed by atoms with Crippen molar-refractivity contribution >= 4 is 11.2 Å². The summed E-state index contributed by atoms with van der Waals surface area (Å²) in [5.41, 5.74) is -0.635. The summed E-state index contributed by atoms with van der Waals surface area (Å²) >= 11 is 0. The molecule has 0 saturated carbocycles. The molecule has 0 radical (unpaired) electrons. The van der Waals surface area contributed by atoms with Crippen LogP contribution in [0.5, 0.6) is 0 Å². The fourth-order valence-electron chi connectivity index (χ4n) is 0.903. The van der Waals surface area contributed by atoms with Gasteiger partial charge in [-0.15, -0.1) is 10.2 Å². The summed E-state index contributed by atoms with van der Waals surface area (Å²) in [7, 11) is 1.37. The Morgan fingerprint density at radius 2 is 2.08 bits per heavy atom. The first-order valence-electron chi connectivity index (χ1n) is 3.20. The van der Waals surface area contributed by atoms with Crippen LogP contribution in [0.25, 0.3) is 11.2 Å². The number of nitrogens with one attached hydrogen (secondary N) is 2. The molecule has 0 aliphatic rings. The van der Waals surface area contributed by atoms with Crippen molar-refractivity contribution in [2.24, 2.45) is 7.05 Å². The van der Waals surface area contributed by atoms with Crippen molar-refractivity contribution in [1.29, 1.82) is 0 Å². The van der Waals surface area contributed by atoms with Gasteiger partial charge in [0.1, 0.15) is 0 Å². The van der Waals surface area contributed by atoms with Crippen LogP contribution in [0.4, 0.5) is 0 Å². The van der Waals surface area contributed by atoms with E-state index < -0.39 is 11.2 Å². The minimum Gasteiger partial charge on any atom is -0.288 e. The minimum absolute atomic E-state index is 0.136. The summed E-state index contributed by atoms with van der Waals surface area (Å²) in [5.74, 6) is 0. The van der Waals surface area contributed by atoms with E-state index in [4.69, 9.17) is 0 Å². The highest BCUT2D eigenvalue weighted by Crippen LogP contribution is 1.90. The van der Waals surface area contributed by atoms with Gasteiger partial charge in [-0.25, -0.2) is 4.79 Å². The number of rotatable bonds is 0. The monoisotopic (exact) mass is 167 g/mol. The molecule has 0 saturated heterocycles. The number of hydrogen-bond donors (Lipinski definition) is 2. The molecule has 12 heavy (non-hydrogen) atoms. The van der Waals surface area contributed by atoms with Gasteiger partial charge in [-0.2, -0.15) is 5.21 Å². The Morgan fingerprint density at radius 1 is 1.33 bits per heavy atom. The zero-order valence-corrected chi connectivity index (χ0v) is 6.16. The summed E-state index contributed by atoms with van der Waals surface area (Å²) in [6.07, 6.45) is 0. The summed E-state index contributed by atoms with van der Waals surface area (Å²) in [5, 5.41) is 9.41. The van der Waals surface area contributed by atoms with Crippen LogP contribution in [0.2, 0.25) is 0 Å². The maximum absolute atomic E-state index is 11.2. The average Bonchev–Trinajstić information content (AvgIpc) is 2.48. The first-order valence-corrected chi connectivity index (χ1v) is 3.20. The van der Waals surface area contributed by atoms with Crippen molar-refractivity contribution in [3.05, 3.63) is 20.8 Å². The molecular formula is C5H5N5O2. The summed E-state index contributed by atoms with van der Waals surface area (Å²) in [4.78, 5) is 24.6. The Kier molecular flexibility index (Phi) is 1.15. The quantitative estimate of drug-likeness (QED) is 0.491. The molecule has 0 bridgehead atoms. The van der Waals surface area contributed by atoms with E-state index in [1.165, 1.54) is 7.05 Å². The zero-order chi connectivity index (χ0) is 8.72. The van der Waals surface area contributed by atoms with Gasteiger partial charge >= 0.3 is 5.69 Å². The van der Waals surface area contributed by atoms with E-state index in [0.29, 0.717) is 0 Å². The molecule has 0 aromatic carbocycles. The lowest BCUT2D eigenvalue weighted by Gasteiger charge is -1.91. The SMILES string of the molecule is Cn1c(=O)[nH]c2n[nH]nc2c1=O. The van der Waals surface area contributed by atoms with Gasteiger partial charge in [0.25, 0.3) is 5.56 Å². The van der Waals surface area contributed by atoms with Crippen LogP contribution in [0.15, 0.2) is 9.59 Å². The standard InChI is InChI=1S/C5H5N5O2/c1-10-4(11)2-3(6-5(10)12)8-9-7-2/h1H3,(H2,6,7,8,9,12). The van der Waals surface area contributed by atoms with Crippen molar-refractivity contribution < 1.29 is 0 Å². The fraction of sp³-hybridized carbons (Fsp3) is 0.200. The molecule has 0 fully saturated rings. The van der Waals surface area contributed by atoms with E-state index in [2.05, 4.69) is 20.4 Å². The topological polar surface area (TPSA) is 96.4 Å². The number of nitrogens with zero attached hydrogens (tertiary/aromatic N) is 3. The van der Waals surface area contributed by atoms with Crippen LogP contribution in [-0.4, -0.2) is 25.0 Å². The Balaban J connectivity index is 3.16.